The summed E-state index contributed by atoms with van der Waals surface area (Å²) in [5.74, 6) is 0.0985. The van der Waals surface area contributed by atoms with Crippen LogP contribution in [-0.2, 0) is 27.4 Å². The van der Waals surface area contributed by atoms with Crippen LogP contribution in [0.3, 0.4) is 0 Å². The van der Waals surface area contributed by atoms with Crippen LogP contribution >= 0.6 is 11.6 Å². The topological polar surface area (TPSA) is 75.7 Å². The number of rotatable bonds is 11. The fourth-order valence-electron chi connectivity index (χ4n) is 3.63. The van der Waals surface area contributed by atoms with Crippen molar-refractivity contribution in [1.29, 1.82) is 0 Å². The van der Waals surface area contributed by atoms with E-state index in [1.807, 2.05) is 38.1 Å². The number of nitrogens with one attached hydrogen (secondary N) is 1. The Morgan fingerprint density at radius 2 is 1.68 bits per heavy atom. The molecule has 0 aliphatic carbocycles. The van der Waals surface area contributed by atoms with Crippen molar-refractivity contribution in [3.05, 3.63) is 88.9 Å². The van der Waals surface area contributed by atoms with Crippen LogP contribution in [0.4, 0.5) is 18.9 Å². The SMILES string of the molecule is CC(C)Oc1ccc(CCCNC(=O)CN(c2ccc(Cl)c(C(F)(F)F)c2)S(=O)(=O)c2ccccc2)cc1. The van der Waals surface area contributed by atoms with Crippen molar-refractivity contribution in [1.82, 2.24) is 5.32 Å². The van der Waals surface area contributed by atoms with E-state index in [0.29, 0.717) is 23.2 Å². The fourth-order valence-corrected chi connectivity index (χ4v) is 5.29. The van der Waals surface area contributed by atoms with Crippen LogP contribution in [0.15, 0.2) is 77.7 Å². The minimum atomic E-state index is -4.81. The third kappa shape index (κ3) is 7.88. The third-order valence-corrected chi connectivity index (χ3v) is 7.54. The lowest BCUT2D eigenvalue weighted by Gasteiger charge is -2.25. The molecule has 204 valence electrons. The van der Waals surface area contributed by atoms with Crippen LogP contribution in [0.25, 0.3) is 0 Å². The molecule has 0 atom stereocenters. The first kappa shape index (κ1) is 29.3. The van der Waals surface area contributed by atoms with E-state index in [1.54, 1.807) is 6.07 Å². The van der Waals surface area contributed by atoms with E-state index in [9.17, 15) is 26.4 Å². The number of halogens is 4. The quantitative estimate of drug-likeness (QED) is 0.284. The van der Waals surface area contributed by atoms with Gasteiger partial charge in [0.2, 0.25) is 5.91 Å². The van der Waals surface area contributed by atoms with Gasteiger partial charge < -0.3 is 10.1 Å². The number of aryl methyl sites for hydroxylation is 1. The number of benzene rings is 3. The second-order valence-electron chi connectivity index (χ2n) is 8.75. The maximum atomic E-state index is 13.5. The van der Waals surface area contributed by atoms with E-state index >= 15 is 0 Å². The smallest absolute Gasteiger partial charge is 0.417 e. The molecule has 6 nitrogen and oxygen atoms in total. The Labute approximate surface area is 225 Å². The van der Waals surface area contributed by atoms with Gasteiger partial charge in [0.1, 0.15) is 12.3 Å². The Morgan fingerprint density at radius 3 is 2.29 bits per heavy atom. The van der Waals surface area contributed by atoms with Gasteiger partial charge in [0, 0.05) is 6.54 Å². The molecule has 3 aromatic carbocycles. The lowest BCUT2D eigenvalue weighted by molar-refractivity contribution is -0.137. The first-order valence-electron chi connectivity index (χ1n) is 11.8. The molecule has 3 aromatic rings. The molecule has 0 spiro atoms. The van der Waals surface area contributed by atoms with E-state index in [2.05, 4.69) is 5.32 Å². The summed E-state index contributed by atoms with van der Waals surface area (Å²) in [7, 11) is -4.36. The summed E-state index contributed by atoms with van der Waals surface area (Å²) in [5, 5.41) is 2.08. The molecule has 3 rings (SSSR count). The largest absolute Gasteiger partial charge is 0.491 e. The number of carbonyl (C=O) groups excluding carboxylic acids is 1. The molecular formula is C27H28ClF3N2O4S. The summed E-state index contributed by atoms with van der Waals surface area (Å²) in [6.45, 7) is 3.41. The van der Waals surface area contributed by atoms with Crippen LogP contribution in [0, 0.1) is 0 Å². The van der Waals surface area contributed by atoms with Crippen molar-refractivity contribution in [2.24, 2.45) is 0 Å². The van der Waals surface area contributed by atoms with Gasteiger partial charge in [-0.3, -0.25) is 9.10 Å². The highest BCUT2D eigenvalue weighted by atomic mass is 35.5. The molecule has 0 aliphatic rings. The minimum absolute atomic E-state index is 0.0641. The van der Waals surface area contributed by atoms with Crippen molar-refractivity contribution in [2.75, 3.05) is 17.4 Å². The number of amides is 1. The number of hydrogen-bond donors (Lipinski definition) is 1. The van der Waals surface area contributed by atoms with Crippen molar-refractivity contribution in [3.63, 3.8) is 0 Å². The highest BCUT2D eigenvalue weighted by molar-refractivity contribution is 7.92. The number of ether oxygens (including phenoxy) is 1. The number of anilines is 1. The molecule has 0 saturated heterocycles. The van der Waals surface area contributed by atoms with Crippen molar-refractivity contribution >= 4 is 33.2 Å². The van der Waals surface area contributed by atoms with Crippen LogP contribution in [0.5, 0.6) is 5.75 Å². The van der Waals surface area contributed by atoms with Gasteiger partial charge in [-0.15, -0.1) is 0 Å². The normalized spacial score (nSPS) is 11.9. The molecule has 1 N–H and O–H groups in total. The van der Waals surface area contributed by atoms with E-state index in [0.717, 1.165) is 23.4 Å². The van der Waals surface area contributed by atoms with Gasteiger partial charge in [-0.1, -0.05) is 41.9 Å². The Bertz CT molecular complexity index is 1330. The highest BCUT2D eigenvalue weighted by Gasteiger charge is 2.35. The number of carbonyl (C=O) groups is 1. The number of sulfonamides is 1. The zero-order valence-electron chi connectivity index (χ0n) is 20.8. The average molecular weight is 569 g/mol. The van der Waals surface area contributed by atoms with Gasteiger partial charge >= 0.3 is 6.18 Å². The fraction of sp³-hybridized carbons (Fsp3) is 0.296. The van der Waals surface area contributed by atoms with Gasteiger partial charge in [0.05, 0.1) is 27.3 Å². The first-order valence-corrected chi connectivity index (χ1v) is 13.7. The highest BCUT2D eigenvalue weighted by Crippen LogP contribution is 2.38. The Balaban J connectivity index is 1.72. The standard InChI is InChI=1S/C27H28ClF3N2O4S/c1-19(2)37-22-13-10-20(11-14-22)7-6-16-32-26(34)18-33(38(35,36)23-8-4-3-5-9-23)21-12-15-25(28)24(17-21)27(29,30)31/h3-5,8-15,17,19H,6-7,16,18H2,1-2H3,(H,32,34). The zero-order valence-corrected chi connectivity index (χ0v) is 22.4. The van der Waals surface area contributed by atoms with Gasteiger partial charge in [-0.05, 0) is 74.7 Å². The minimum Gasteiger partial charge on any atom is -0.491 e. The molecular weight excluding hydrogens is 541 g/mol. The van der Waals surface area contributed by atoms with E-state index in [4.69, 9.17) is 16.3 Å². The summed E-state index contributed by atoms with van der Waals surface area (Å²) >= 11 is 5.71. The molecule has 38 heavy (non-hydrogen) atoms. The molecule has 0 saturated carbocycles. The second-order valence-corrected chi connectivity index (χ2v) is 11.0. The molecule has 0 bridgehead atoms. The molecule has 0 aromatic heterocycles. The van der Waals surface area contributed by atoms with Crippen LogP contribution in [0.2, 0.25) is 5.02 Å². The lowest BCUT2D eigenvalue weighted by atomic mass is 10.1. The molecule has 0 aliphatic heterocycles. The number of nitrogens with zero attached hydrogens (tertiary/aromatic N) is 1. The van der Waals surface area contributed by atoms with Gasteiger partial charge in [-0.2, -0.15) is 13.2 Å². The van der Waals surface area contributed by atoms with E-state index < -0.39 is 39.2 Å². The Hall–Kier alpha value is -3.24. The van der Waals surface area contributed by atoms with Crippen molar-refractivity contribution in [2.45, 2.75) is 43.9 Å². The summed E-state index contributed by atoms with van der Waals surface area (Å²) in [6, 6.07) is 17.5. The maximum Gasteiger partial charge on any atom is 0.417 e. The van der Waals surface area contributed by atoms with E-state index in [1.165, 1.54) is 24.3 Å². The molecule has 1 amide bonds. The molecule has 0 radical (unpaired) electrons. The zero-order chi connectivity index (χ0) is 27.9. The second kappa shape index (κ2) is 12.5. The third-order valence-electron chi connectivity index (χ3n) is 5.42. The monoisotopic (exact) mass is 568 g/mol. The average Bonchev–Trinajstić information content (AvgIpc) is 2.86. The Morgan fingerprint density at radius 1 is 1.03 bits per heavy atom. The summed E-state index contributed by atoms with van der Waals surface area (Å²) in [5.41, 5.74) is -0.496. The number of alkyl halides is 3. The molecule has 0 fully saturated rings. The predicted molar refractivity (Wildman–Crippen MR) is 141 cm³/mol. The lowest BCUT2D eigenvalue weighted by Crippen LogP contribution is -2.41. The maximum absolute atomic E-state index is 13.5. The van der Waals surface area contributed by atoms with Gasteiger partial charge in [0.25, 0.3) is 10.0 Å². The summed E-state index contributed by atoms with van der Waals surface area (Å²) in [6.07, 6.45) is -3.52. The molecule has 11 heteroatoms. The Kier molecular flexibility index (Phi) is 9.67. The van der Waals surface area contributed by atoms with Crippen molar-refractivity contribution in [3.8, 4) is 5.75 Å². The first-order chi connectivity index (χ1) is 17.9. The predicted octanol–water partition coefficient (Wildman–Crippen LogP) is 6.09. The molecule has 0 unspecified atom stereocenters. The van der Waals surface area contributed by atoms with Crippen molar-refractivity contribution < 1.29 is 31.1 Å². The van der Waals surface area contributed by atoms with Crippen LogP contribution in [0.1, 0.15) is 31.4 Å². The summed E-state index contributed by atoms with van der Waals surface area (Å²) < 4.78 is 73.3. The molecule has 0 heterocycles. The van der Waals surface area contributed by atoms with Gasteiger partial charge in [-0.25, -0.2) is 8.42 Å². The van der Waals surface area contributed by atoms with Crippen LogP contribution < -0.4 is 14.4 Å². The summed E-state index contributed by atoms with van der Waals surface area (Å²) in [4.78, 5) is 12.6. The number of hydrogen-bond acceptors (Lipinski definition) is 4. The van der Waals surface area contributed by atoms with Crippen LogP contribution in [-0.4, -0.2) is 33.5 Å². The van der Waals surface area contributed by atoms with Gasteiger partial charge in [0.15, 0.2) is 0 Å². The van der Waals surface area contributed by atoms with E-state index in [-0.39, 0.29) is 23.2 Å².